The number of nitrogens with one attached hydrogen (secondary N) is 1. The van der Waals surface area contributed by atoms with Crippen molar-refractivity contribution in [2.45, 2.75) is 32.1 Å². The summed E-state index contributed by atoms with van der Waals surface area (Å²) in [4.78, 5) is 26.3. The molecule has 0 bridgehead atoms. The van der Waals surface area contributed by atoms with Crippen LogP contribution in [0, 0.1) is 6.92 Å². The first-order valence-electron chi connectivity index (χ1n) is 10.1. The maximum absolute atomic E-state index is 12.8. The lowest BCUT2D eigenvalue weighted by Crippen LogP contribution is -2.40. The van der Waals surface area contributed by atoms with Gasteiger partial charge in [0.1, 0.15) is 5.00 Å². The van der Waals surface area contributed by atoms with Gasteiger partial charge in [0.15, 0.2) is 0 Å². The Morgan fingerprint density at radius 3 is 2.39 bits per heavy atom. The van der Waals surface area contributed by atoms with E-state index >= 15 is 0 Å². The molecule has 1 aromatic heterocycles. The fourth-order valence-electron chi connectivity index (χ4n) is 3.40. The van der Waals surface area contributed by atoms with Gasteiger partial charge in [-0.05, 0) is 50.1 Å². The smallest absolute Gasteiger partial charge is 0.341 e. The van der Waals surface area contributed by atoms with Gasteiger partial charge in [0.05, 0.1) is 30.3 Å². The van der Waals surface area contributed by atoms with Crippen molar-refractivity contribution in [2.75, 3.05) is 38.2 Å². The van der Waals surface area contributed by atoms with Gasteiger partial charge in [-0.15, -0.1) is 11.3 Å². The zero-order valence-corrected chi connectivity index (χ0v) is 19.4. The molecular weight excluding hydrogens is 440 g/mol. The topological polar surface area (TPSA) is 102 Å². The second kappa shape index (κ2) is 9.90. The van der Waals surface area contributed by atoms with Gasteiger partial charge in [0, 0.05) is 23.5 Å². The summed E-state index contributed by atoms with van der Waals surface area (Å²) in [6.07, 6.45) is 0.639. The van der Waals surface area contributed by atoms with E-state index in [4.69, 9.17) is 9.47 Å². The van der Waals surface area contributed by atoms with Crippen molar-refractivity contribution in [3.05, 3.63) is 45.8 Å². The van der Waals surface area contributed by atoms with Crippen molar-refractivity contribution in [3.8, 4) is 0 Å². The molecule has 1 fully saturated rings. The number of carbonyl (C=O) groups excluding carboxylic acids is 2. The lowest BCUT2D eigenvalue weighted by atomic mass is 10.1. The van der Waals surface area contributed by atoms with Crippen molar-refractivity contribution in [2.24, 2.45) is 0 Å². The molecule has 1 amide bonds. The van der Waals surface area contributed by atoms with Crippen LogP contribution in [0.5, 0.6) is 0 Å². The Morgan fingerprint density at radius 1 is 1.16 bits per heavy atom. The van der Waals surface area contributed by atoms with Gasteiger partial charge in [-0.25, -0.2) is 13.2 Å². The highest BCUT2D eigenvalue weighted by molar-refractivity contribution is 7.89. The number of amides is 1. The van der Waals surface area contributed by atoms with Crippen LogP contribution < -0.4 is 5.32 Å². The van der Waals surface area contributed by atoms with Crippen molar-refractivity contribution < 1.29 is 27.5 Å². The molecule has 8 nitrogen and oxygen atoms in total. The Morgan fingerprint density at radius 2 is 1.81 bits per heavy atom. The summed E-state index contributed by atoms with van der Waals surface area (Å²) in [6.45, 7) is 7.14. The largest absolute Gasteiger partial charge is 0.462 e. The van der Waals surface area contributed by atoms with Crippen LogP contribution in [-0.4, -0.2) is 57.5 Å². The molecule has 0 unspecified atom stereocenters. The first kappa shape index (κ1) is 23.4. The van der Waals surface area contributed by atoms with Crippen LogP contribution in [0.4, 0.5) is 5.00 Å². The molecule has 3 rings (SSSR count). The average Bonchev–Trinajstić information content (AvgIpc) is 3.09. The molecule has 168 valence electrons. The molecule has 2 aromatic rings. The van der Waals surface area contributed by atoms with Crippen LogP contribution in [0.25, 0.3) is 0 Å². The number of carbonyl (C=O) groups is 2. The van der Waals surface area contributed by atoms with Gasteiger partial charge in [0.25, 0.3) is 5.91 Å². The van der Waals surface area contributed by atoms with Gasteiger partial charge >= 0.3 is 5.97 Å². The average molecular weight is 467 g/mol. The molecule has 0 saturated carbocycles. The van der Waals surface area contributed by atoms with E-state index in [1.165, 1.54) is 39.9 Å². The highest BCUT2D eigenvalue weighted by Gasteiger charge is 2.27. The van der Waals surface area contributed by atoms with Gasteiger partial charge in [-0.3, -0.25) is 4.79 Å². The minimum absolute atomic E-state index is 0.124. The number of sulfonamides is 1. The number of aryl methyl sites for hydroxylation is 1. The van der Waals surface area contributed by atoms with Crippen LogP contribution in [-0.2, 0) is 25.9 Å². The van der Waals surface area contributed by atoms with E-state index in [-0.39, 0.29) is 11.5 Å². The van der Waals surface area contributed by atoms with Crippen LogP contribution in [0.15, 0.2) is 29.2 Å². The monoisotopic (exact) mass is 466 g/mol. The molecule has 0 radical (unpaired) electrons. The summed E-state index contributed by atoms with van der Waals surface area (Å²) in [7, 11) is -3.63. The number of rotatable bonds is 7. The minimum atomic E-state index is -3.63. The summed E-state index contributed by atoms with van der Waals surface area (Å²) in [5.74, 6) is -0.893. The van der Waals surface area contributed by atoms with Crippen molar-refractivity contribution in [1.29, 1.82) is 0 Å². The van der Waals surface area contributed by atoms with Crippen LogP contribution in [0.3, 0.4) is 0 Å². The molecule has 1 saturated heterocycles. The summed E-state index contributed by atoms with van der Waals surface area (Å²) >= 11 is 1.32. The Balaban J connectivity index is 1.81. The number of morpholine rings is 1. The number of hydrogen-bond acceptors (Lipinski definition) is 7. The van der Waals surface area contributed by atoms with E-state index in [9.17, 15) is 18.0 Å². The molecule has 1 aliphatic heterocycles. The summed E-state index contributed by atoms with van der Waals surface area (Å²) in [6, 6.07) is 5.77. The van der Waals surface area contributed by atoms with Crippen LogP contribution in [0.2, 0.25) is 0 Å². The number of benzene rings is 1. The minimum Gasteiger partial charge on any atom is -0.462 e. The molecule has 2 heterocycles. The maximum atomic E-state index is 12.8. The summed E-state index contributed by atoms with van der Waals surface area (Å²) in [5, 5.41) is 3.22. The number of ether oxygens (including phenoxy) is 2. The maximum Gasteiger partial charge on any atom is 0.341 e. The Kier molecular flexibility index (Phi) is 7.47. The second-order valence-corrected chi connectivity index (χ2v) is 10.1. The van der Waals surface area contributed by atoms with Gasteiger partial charge in [0.2, 0.25) is 10.0 Å². The van der Waals surface area contributed by atoms with E-state index in [0.29, 0.717) is 48.9 Å². The number of thiophene rings is 1. The van der Waals surface area contributed by atoms with Crippen molar-refractivity contribution >= 4 is 38.2 Å². The van der Waals surface area contributed by atoms with E-state index in [2.05, 4.69) is 5.32 Å². The Labute approximate surface area is 186 Å². The van der Waals surface area contributed by atoms with Crippen LogP contribution >= 0.6 is 11.3 Å². The molecule has 10 heteroatoms. The normalized spacial score (nSPS) is 14.9. The van der Waals surface area contributed by atoms with Gasteiger partial charge in [-0.1, -0.05) is 6.92 Å². The SMILES string of the molecule is CCOC(=O)c1c(NC(=O)c2ccc(S(=O)(=O)N3CCOCC3)cc2)sc(C)c1CC. The first-order chi connectivity index (χ1) is 14.8. The predicted molar refractivity (Wildman–Crippen MR) is 118 cm³/mol. The highest BCUT2D eigenvalue weighted by atomic mass is 32.2. The summed E-state index contributed by atoms with van der Waals surface area (Å²) in [5.41, 5.74) is 1.53. The van der Waals surface area contributed by atoms with E-state index < -0.39 is 21.9 Å². The fourth-order valence-corrected chi connectivity index (χ4v) is 5.94. The molecule has 1 N–H and O–H groups in total. The molecule has 31 heavy (non-hydrogen) atoms. The van der Waals surface area contributed by atoms with Gasteiger partial charge < -0.3 is 14.8 Å². The second-order valence-electron chi connectivity index (χ2n) is 6.91. The zero-order valence-electron chi connectivity index (χ0n) is 17.8. The number of hydrogen-bond donors (Lipinski definition) is 1. The van der Waals surface area contributed by atoms with E-state index in [1.807, 2.05) is 13.8 Å². The van der Waals surface area contributed by atoms with E-state index in [0.717, 1.165) is 10.4 Å². The van der Waals surface area contributed by atoms with Gasteiger partial charge in [-0.2, -0.15) is 4.31 Å². The Hall–Kier alpha value is -2.27. The highest BCUT2D eigenvalue weighted by Crippen LogP contribution is 2.34. The molecule has 0 aliphatic carbocycles. The molecule has 1 aliphatic rings. The van der Waals surface area contributed by atoms with Crippen LogP contribution in [0.1, 0.15) is 45.0 Å². The third-order valence-corrected chi connectivity index (χ3v) is 7.97. The van der Waals surface area contributed by atoms with Crippen molar-refractivity contribution in [1.82, 2.24) is 4.31 Å². The fraction of sp³-hybridized carbons (Fsp3) is 0.429. The third kappa shape index (κ3) is 4.98. The lowest BCUT2D eigenvalue weighted by molar-refractivity contribution is 0.0527. The summed E-state index contributed by atoms with van der Waals surface area (Å²) < 4.78 is 37.2. The van der Waals surface area contributed by atoms with E-state index in [1.54, 1.807) is 6.92 Å². The lowest BCUT2D eigenvalue weighted by Gasteiger charge is -2.26. The quantitative estimate of drug-likeness (QED) is 0.629. The zero-order chi connectivity index (χ0) is 22.6. The number of esters is 1. The molecule has 0 atom stereocenters. The standard InChI is InChI=1S/C21H26N2O6S2/c1-4-17-14(3)30-20(18(17)21(25)29-5-2)22-19(24)15-6-8-16(9-7-15)31(26,27)23-10-12-28-13-11-23/h6-9H,4-5,10-13H2,1-3H3,(H,22,24). The Bertz CT molecular complexity index is 1050. The third-order valence-electron chi connectivity index (χ3n) is 4.99. The number of nitrogens with zero attached hydrogens (tertiary/aromatic N) is 1. The number of anilines is 1. The molecule has 1 aromatic carbocycles. The van der Waals surface area contributed by atoms with Crippen molar-refractivity contribution in [3.63, 3.8) is 0 Å². The molecular formula is C21H26N2O6S2. The first-order valence-corrected chi connectivity index (χ1v) is 12.3. The molecule has 0 spiro atoms. The predicted octanol–water partition coefficient (Wildman–Crippen LogP) is 3.07.